The van der Waals surface area contributed by atoms with Crippen molar-refractivity contribution in [3.8, 4) is 0 Å². The second-order valence-corrected chi connectivity index (χ2v) is 4.94. The van der Waals surface area contributed by atoms with Gasteiger partial charge in [0, 0.05) is 18.5 Å². The van der Waals surface area contributed by atoms with E-state index < -0.39 is 17.4 Å². The number of hydrogen-bond acceptors (Lipinski definition) is 3. The van der Waals surface area contributed by atoms with Crippen molar-refractivity contribution in [2.75, 3.05) is 13.1 Å². The van der Waals surface area contributed by atoms with Gasteiger partial charge >= 0.3 is 5.97 Å². The van der Waals surface area contributed by atoms with Gasteiger partial charge in [-0.15, -0.1) is 0 Å². The molecule has 1 aromatic rings. The van der Waals surface area contributed by atoms with Crippen molar-refractivity contribution < 1.29 is 14.3 Å². The first kappa shape index (κ1) is 14.6. The Balaban J connectivity index is 2.60. The maximum atomic E-state index is 13.7. The van der Waals surface area contributed by atoms with Crippen LogP contribution in [0.1, 0.15) is 19.4 Å². The first-order chi connectivity index (χ1) is 8.34. The van der Waals surface area contributed by atoms with Crippen molar-refractivity contribution in [3.05, 3.63) is 35.6 Å². The topological polar surface area (TPSA) is 75.3 Å². The number of aliphatic carboxylic acids is 1. The average Bonchev–Trinajstić information content (AvgIpc) is 2.28. The summed E-state index contributed by atoms with van der Waals surface area (Å²) in [5, 5.41) is 11.6. The van der Waals surface area contributed by atoms with Crippen molar-refractivity contribution in [3.63, 3.8) is 0 Å². The van der Waals surface area contributed by atoms with E-state index in [1.54, 1.807) is 18.2 Å². The van der Waals surface area contributed by atoms with Gasteiger partial charge < -0.3 is 16.2 Å². The second kappa shape index (κ2) is 5.93. The lowest BCUT2D eigenvalue weighted by Gasteiger charge is -2.26. The summed E-state index contributed by atoms with van der Waals surface area (Å²) in [7, 11) is 0. The molecule has 5 heteroatoms. The van der Waals surface area contributed by atoms with Gasteiger partial charge in [-0.3, -0.25) is 4.79 Å². The molecule has 4 N–H and O–H groups in total. The van der Waals surface area contributed by atoms with E-state index in [1.807, 2.05) is 13.8 Å². The van der Waals surface area contributed by atoms with Crippen LogP contribution in [0.4, 0.5) is 4.39 Å². The quantitative estimate of drug-likeness (QED) is 0.710. The molecule has 0 amide bonds. The van der Waals surface area contributed by atoms with Gasteiger partial charge in [-0.25, -0.2) is 4.39 Å². The fourth-order valence-electron chi connectivity index (χ4n) is 1.73. The van der Waals surface area contributed by atoms with Crippen LogP contribution >= 0.6 is 0 Å². The first-order valence-electron chi connectivity index (χ1n) is 5.78. The van der Waals surface area contributed by atoms with E-state index in [-0.39, 0.29) is 12.4 Å². The predicted octanol–water partition coefficient (Wildman–Crippen LogP) is 1.10. The van der Waals surface area contributed by atoms with Gasteiger partial charge in [0.2, 0.25) is 0 Å². The summed E-state index contributed by atoms with van der Waals surface area (Å²) in [5.41, 5.74) is 5.55. The molecule has 4 nitrogen and oxygen atoms in total. The van der Waals surface area contributed by atoms with Gasteiger partial charge in [0.1, 0.15) is 11.9 Å². The molecule has 1 aromatic carbocycles. The van der Waals surface area contributed by atoms with Crippen LogP contribution in [0.5, 0.6) is 0 Å². The molecule has 0 radical (unpaired) electrons. The molecule has 0 fully saturated rings. The summed E-state index contributed by atoms with van der Waals surface area (Å²) in [4.78, 5) is 10.6. The maximum absolute atomic E-state index is 13.7. The zero-order valence-electron chi connectivity index (χ0n) is 10.6. The van der Waals surface area contributed by atoms with Crippen LogP contribution in [-0.2, 0) is 10.2 Å². The molecule has 0 spiro atoms. The third-order valence-corrected chi connectivity index (χ3v) is 2.85. The molecule has 0 aliphatic carbocycles. The van der Waals surface area contributed by atoms with E-state index in [0.29, 0.717) is 12.1 Å². The van der Waals surface area contributed by atoms with Gasteiger partial charge in [0.25, 0.3) is 0 Å². The Morgan fingerprint density at radius 1 is 1.50 bits per heavy atom. The number of benzene rings is 1. The Morgan fingerprint density at radius 3 is 2.67 bits per heavy atom. The fraction of sp³-hybridized carbons (Fsp3) is 0.462. The molecular formula is C13H19FN2O2. The minimum Gasteiger partial charge on any atom is -0.480 e. The van der Waals surface area contributed by atoms with E-state index in [2.05, 4.69) is 5.32 Å². The molecule has 0 heterocycles. The van der Waals surface area contributed by atoms with Gasteiger partial charge in [0.05, 0.1) is 0 Å². The third kappa shape index (κ3) is 3.78. The molecule has 18 heavy (non-hydrogen) atoms. The second-order valence-electron chi connectivity index (χ2n) is 4.94. The molecular weight excluding hydrogens is 235 g/mol. The lowest BCUT2D eigenvalue weighted by molar-refractivity contribution is -0.138. The smallest absolute Gasteiger partial charge is 0.321 e. The van der Waals surface area contributed by atoms with Crippen molar-refractivity contribution in [2.24, 2.45) is 5.73 Å². The third-order valence-electron chi connectivity index (χ3n) is 2.85. The number of nitrogens with one attached hydrogen (secondary N) is 1. The highest BCUT2D eigenvalue weighted by molar-refractivity contribution is 5.73. The lowest BCUT2D eigenvalue weighted by Crippen LogP contribution is -2.44. The van der Waals surface area contributed by atoms with Crippen molar-refractivity contribution in [1.29, 1.82) is 0 Å². The van der Waals surface area contributed by atoms with Gasteiger partial charge in [0.15, 0.2) is 0 Å². The monoisotopic (exact) mass is 254 g/mol. The zero-order valence-corrected chi connectivity index (χ0v) is 10.6. The Bertz CT molecular complexity index is 421. The Morgan fingerprint density at radius 2 is 2.11 bits per heavy atom. The first-order valence-corrected chi connectivity index (χ1v) is 5.78. The van der Waals surface area contributed by atoms with Crippen LogP contribution in [0.2, 0.25) is 0 Å². The molecule has 1 atom stereocenters. The molecule has 0 saturated carbocycles. The highest BCUT2D eigenvalue weighted by Gasteiger charge is 2.24. The fourth-order valence-corrected chi connectivity index (χ4v) is 1.73. The molecule has 1 rings (SSSR count). The standard InChI is InChI=1S/C13H19FN2O2/c1-13(2,8-16-7-11(15)12(17)18)9-5-3-4-6-10(9)14/h3-6,11,16H,7-8,15H2,1-2H3,(H,17,18). The minimum absolute atomic E-state index is 0.160. The molecule has 0 aliphatic heterocycles. The van der Waals surface area contributed by atoms with Crippen molar-refractivity contribution in [2.45, 2.75) is 25.3 Å². The molecule has 0 saturated heterocycles. The van der Waals surface area contributed by atoms with E-state index in [1.165, 1.54) is 6.07 Å². The van der Waals surface area contributed by atoms with E-state index in [9.17, 15) is 9.18 Å². The number of carboxylic acid groups (broad SMARTS) is 1. The predicted molar refractivity (Wildman–Crippen MR) is 67.9 cm³/mol. The molecule has 100 valence electrons. The van der Waals surface area contributed by atoms with E-state index in [0.717, 1.165) is 0 Å². The number of rotatable bonds is 6. The van der Waals surface area contributed by atoms with Crippen LogP contribution in [0.15, 0.2) is 24.3 Å². The Labute approximate surface area is 106 Å². The van der Waals surface area contributed by atoms with Gasteiger partial charge in [-0.1, -0.05) is 32.0 Å². The summed E-state index contributed by atoms with van der Waals surface area (Å²) in [6.45, 7) is 4.40. The molecule has 1 unspecified atom stereocenters. The van der Waals surface area contributed by atoms with E-state index >= 15 is 0 Å². The highest BCUT2D eigenvalue weighted by atomic mass is 19.1. The van der Waals surface area contributed by atoms with Crippen LogP contribution in [0.3, 0.4) is 0 Å². The lowest BCUT2D eigenvalue weighted by atomic mass is 9.84. The SMILES string of the molecule is CC(C)(CNCC(N)C(=O)O)c1ccccc1F. The van der Waals surface area contributed by atoms with Crippen LogP contribution < -0.4 is 11.1 Å². The Kier molecular flexibility index (Phi) is 4.81. The molecule has 0 bridgehead atoms. The summed E-state index contributed by atoms with van der Waals surface area (Å²) < 4.78 is 13.7. The number of nitrogens with two attached hydrogens (primary N) is 1. The highest BCUT2D eigenvalue weighted by Crippen LogP contribution is 2.24. The van der Waals surface area contributed by atoms with Crippen molar-refractivity contribution >= 4 is 5.97 Å². The van der Waals surface area contributed by atoms with Gasteiger partial charge in [-0.2, -0.15) is 0 Å². The summed E-state index contributed by atoms with van der Waals surface area (Å²) in [6, 6.07) is 5.63. The van der Waals surface area contributed by atoms with E-state index in [4.69, 9.17) is 10.8 Å². The number of carbonyl (C=O) groups is 1. The van der Waals surface area contributed by atoms with Crippen molar-refractivity contribution in [1.82, 2.24) is 5.32 Å². The summed E-state index contributed by atoms with van der Waals surface area (Å²) in [5.74, 6) is -1.31. The largest absolute Gasteiger partial charge is 0.480 e. The Hall–Kier alpha value is -1.46. The summed E-state index contributed by atoms with van der Waals surface area (Å²) in [6.07, 6.45) is 0. The number of carboxylic acids is 1. The van der Waals surface area contributed by atoms with Crippen LogP contribution in [0, 0.1) is 5.82 Å². The van der Waals surface area contributed by atoms with Gasteiger partial charge in [-0.05, 0) is 11.6 Å². The normalized spacial score (nSPS) is 13.3. The average molecular weight is 254 g/mol. The number of halogens is 1. The molecule has 0 aliphatic rings. The van der Waals surface area contributed by atoms with Crippen LogP contribution in [-0.4, -0.2) is 30.2 Å². The minimum atomic E-state index is -1.05. The van der Waals surface area contributed by atoms with Crippen LogP contribution in [0.25, 0.3) is 0 Å². The maximum Gasteiger partial charge on any atom is 0.321 e. The number of hydrogen-bond donors (Lipinski definition) is 3. The molecule has 0 aromatic heterocycles. The zero-order chi connectivity index (χ0) is 13.8. The summed E-state index contributed by atoms with van der Waals surface area (Å²) >= 11 is 0.